The van der Waals surface area contributed by atoms with Gasteiger partial charge in [0, 0.05) is 17.4 Å². The van der Waals surface area contributed by atoms with Gasteiger partial charge in [-0.2, -0.15) is 0 Å². The van der Waals surface area contributed by atoms with Crippen LogP contribution in [0.25, 0.3) is 78.4 Å². The first kappa shape index (κ1) is 24.5. The maximum absolute atomic E-state index is 8.98. The number of hydrogen-bond acceptors (Lipinski definition) is 2. The van der Waals surface area contributed by atoms with Gasteiger partial charge in [0.15, 0.2) is 0 Å². The first-order valence-corrected chi connectivity index (χ1v) is 18.6. The van der Waals surface area contributed by atoms with E-state index in [1.165, 1.54) is 0 Å². The maximum Gasteiger partial charge on any atom is 0.269 e. The Morgan fingerprint density at radius 3 is 1.88 bits per heavy atom. The molecule has 0 spiro atoms. The third-order valence-corrected chi connectivity index (χ3v) is 10.1. The average molecular weight is 756 g/mol. The number of para-hydroxylation sites is 6. The van der Waals surface area contributed by atoms with Gasteiger partial charge in [-0.25, -0.2) is 4.98 Å². The first-order valence-electron chi connectivity index (χ1n) is 23.6. The summed E-state index contributed by atoms with van der Waals surface area (Å²) in [5, 5.41) is 0. The molecule has 3 aromatic heterocycles. The van der Waals surface area contributed by atoms with Crippen molar-refractivity contribution >= 4 is 27.8 Å². The Kier molecular flexibility index (Phi) is 5.90. The number of imidazole rings is 3. The lowest BCUT2D eigenvalue weighted by atomic mass is 9.95. The molecule has 6 nitrogen and oxygen atoms in total. The largest absolute Gasteiger partial charge is 0.458 e. The number of nitrogens with zero attached hydrogens (tertiary/aromatic N) is 5. The van der Waals surface area contributed by atoms with Crippen LogP contribution in [-0.2, 0) is 0 Å². The van der Waals surface area contributed by atoms with Gasteiger partial charge in [-0.1, -0.05) is 151 Å². The molecule has 0 aliphatic heterocycles. The minimum absolute atomic E-state index is 0.130. The second-order valence-electron chi connectivity index (χ2n) is 13.5. The smallest absolute Gasteiger partial charge is 0.269 e. The van der Waals surface area contributed by atoms with Crippen molar-refractivity contribution in [1.29, 1.82) is 0 Å². The summed E-state index contributed by atoms with van der Waals surface area (Å²) >= 11 is 0. The Balaban J connectivity index is 1.03. The molecule has 0 atom stereocenters. The molecule has 11 aromatic rings. The van der Waals surface area contributed by atoms with E-state index >= 15 is 0 Å². The molecule has 0 saturated carbocycles. The summed E-state index contributed by atoms with van der Waals surface area (Å²) in [5.74, 6) is 1.85. The zero-order chi connectivity index (χ0) is 47.1. The molecule has 0 radical (unpaired) electrons. The Morgan fingerprint density at radius 1 is 0.534 bits per heavy atom. The lowest BCUT2D eigenvalue weighted by Gasteiger charge is -2.17. The molecule has 3 heterocycles. The molecular formula is C52H35N5O. The van der Waals surface area contributed by atoms with E-state index < -0.39 is 60.4 Å². The van der Waals surface area contributed by atoms with Crippen molar-refractivity contribution in [2.45, 2.75) is 0 Å². The topological polar surface area (TPSA) is 40.3 Å². The second-order valence-corrected chi connectivity index (χ2v) is 13.5. The van der Waals surface area contributed by atoms with E-state index in [4.69, 9.17) is 23.4 Å². The summed E-state index contributed by atoms with van der Waals surface area (Å²) < 4.78 is 101. The van der Waals surface area contributed by atoms with Crippen LogP contribution in [0.5, 0.6) is 11.5 Å². The molecule has 0 aliphatic carbocycles. The Hall–Kier alpha value is -7.96. The van der Waals surface area contributed by atoms with Gasteiger partial charge in [-0.05, 0) is 76.9 Å². The van der Waals surface area contributed by atoms with Crippen molar-refractivity contribution in [3.8, 4) is 62.1 Å². The van der Waals surface area contributed by atoms with Gasteiger partial charge in [0.2, 0.25) is 5.78 Å². The van der Waals surface area contributed by atoms with Gasteiger partial charge in [-0.15, -0.1) is 0 Å². The molecule has 8 aromatic carbocycles. The van der Waals surface area contributed by atoms with Crippen molar-refractivity contribution in [3.63, 3.8) is 0 Å². The fourth-order valence-corrected chi connectivity index (χ4v) is 7.56. The lowest BCUT2D eigenvalue weighted by Crippen LogP contribution is -2.31. The van der Waals surface area contributed by atoms with Crippen molar-refractivity contribution in [3.05, 3.63) is 219 Å². The first-order chi connectivity index (χ1) is 32.9. The molecule has 0 bridgehead atoms. The third-order valence-electron chi connectivity index (χ3n) is 10.1. The molecule has 0 unspecified atom stereocenters. The van der Waals surface area contributed by atoms with E-state index in [1.54, 1.807) is 27.3 Å². The molecular weight excluding hydrogens is 711 g/mol. The summed E-state index contributed by atoms with van der Waals surface area (Å²) in [6.07, 6.45) is 5.45. The van der Waals surface area contributed by atoms with Crippen LogP contribution in [0.2, 0.25) is 0 Å². The van der Waals surface area contributed by atoms with Crippen LogP contribution in [0.3, 0.4) is 0 Å². The van der Waals surface area contributed by atoms with Crippen LogP contribution in [0.1, 0.15) is 13.7 Å². The minimum atomic E-state index is -0.567. The van der Waals surface area contributed by atoms with Gasteiger partial charge in [0.25, 0.3) is 6.33 Å². The van der Waals surface area contributed by atoms with E-state index in [1.807, 2.05) is 109 Å². The van der Waals surface area contributed by atoms with Crippen LogP contribution in [0.4, 0.5) is 0 Å². The molecule has 0 saturated heterocycles. The van der Waals surface area contributed by atoms with Gasteiger partial charge >= 0.3 is 0 Å². The standard InChI is InChI=1S/C52H35N5O/c1-4-17-37(18-5-1)44-27-16-28-45(38-19-6-2-7-20-38)51(44)56-36-55(47-29-10-11-30-48(47)56)41-24-15-26-43(34-41)58-42-25-14-21-39(33-42)46-35-54-49-31-12-13-32-50(49)57(52(54)53-46)40-22-8-3-9-23-40/h1-35H/i1D,2D,4D,5D,6D,7D,17D,18D,19D,20D. The Labute approximate surface area is 349 Å². The number of aromatic nitrogens is 5. The maximum atomic E-state index is 8.98. The van der Waals surface area contributed by atoms with Crippen LogP contribution in [-0.4, -0.2) is 18.5 Å². The van der Waals surface area contributed by atoms with Crippen molar-refractivity contribution < 1.29 is 23.0 Å². The third kappa shape index (κ3) is 5.74. The number of hydrogen-bond donors (Lipinski definition) is 0. The fraction of sp³-hybridized carbons (Fsp3) is 0. The van der Waals surface area contributed by atoms with E-state index in [2.05, 4.69) is 39.6 Å². The summed E-state index contributed by atoms with van der Waals surface area (Å²) in [6.45, 7) is 0. The highest BCUT2D eigenvalue weighted by Crippen LogP contribution is 2.35. The van der Waals surface area contributed by atoms with Gasteiger partial charge in [0.1, 0.15) is 11.5 Å². The highest BCUT2D eigenvalue weighted by molar-refractivity contribution is 5.86. The SMILES string of the molecule is [2H]c1c([2H])c([2H])c(-c2cccc(-c3c([2H])c([2H])c([2H])c([2H])c3[2H])c2-[n+]2[c-]n(-c3cccc(Oc4cccc(-c5cn6c7ccccc7n(-c7ccccc7)c6n5)c4)c3)c3ccccc32)c([2H])c1[2H]. The zero-order valence-corrected chi connectivity index (χ0v) is 30.6. The fourth-order valence-electron chi connectivity index (χ4n) is 7.56. The van der Waals surface area contributed by atoms with Crippen LogP contribution >= 0.6 is 0 Å². The highest BCUT2D eigenvalue weighted by Gasteiger charge is 2.20. The van der Waals surface area contributed by atoms with Crippen molar-refractivity contribution in [2.75, 3.05) is 0 Å². The predicted molar refractivity (Wildman–Crippen MR) is 232 cm³/mol. The van der Waals surface area contributed by atoms with Crippen molar-refractivity contribution in [2.24, 2.45) is 0 Å². The zero-order valence-electron chi connectivity index (χ0n) is 40.6. The Bertz CT molecular complexity index is 3720. The molecule has 0 N–H and O–H groups in total. The number of rotatable bonds is 8. The van der Waals surface area contributed by atoms with Crippen molar-refractivity contribution in [1.82, 2.24) is 18.5 Å². The normalized spacial score (nSPS) is 13.9. The summed E-state index contributed by atoms with van der Waals surface area (Å²) in [7, 11) is 0. The molecule has 11 rings (SSSR count). The summed E-state index contributed by atoms with van der Waals surface area (Å²) in [5.41, 5.74) is 6.75. The molecule has 0 fully saturated rings. The monoisotopic (exact) mass is 755 g/mol. The van der Waals surface area contributed by atoms with Crippen LogP contribution in [0, 0.1) is 6.33 Å². The van der Waals surface area contributed by atoms with E-state index in [-0.39, 0.29) is 27.9 Å². The Morgan fingerprint density at radius 2 is 1.14 bits per heavy atom. The van der Waals surface area contributed by atoms with E-state index in [0.29, 0.717) is 28.2 Å². The van der Waals surface area contributed by atoms with Crippen LogP contribution in [0.15, 0.2) is 212 Å². The molecule has 0 aliphatic rings. The lowest BCUT2D eigenvalue weighted by molar-refractivity contribution is -0.571. The van der Waals surface area contributed by atoms with Gasteiger partial charge in [-0.3, -0.25) is 18.1 Å². The summed E-state index contributed by atoms with van der Waals surface area (Å²) in [4.78, 5) is 5.11. The molecule has 6 heteroatoms. The van der Waals surface area contributed by atoms with E-state index in [0.717, 1.165) is 33.8 Å². The quantitative estimate of drug-likeness (QED) is 0.114. The van der Waals surface area contributed by atoms with Gasteiger partial charge in [0.05, 0.1) is 52.8 Å². The van der Waals surface area contributed by atoms with Crippen LogP contribution < -0.4 is 9.30 Å². The number of ether oxygens (including phenoxy) is 1. The average Bonchev–Trinajstić information content (AvgIpc) is 4.06. The highest BCUT2D eigenvalue weighted by atomic mass is 16.5. The summed E-state index contributed by atoms with van der Waals surface area (Å²) in [6, 6.07) is 40.3. The number of benzene rings is 8. The molecule has 0 amide bonds. The molecule has 58 heavy (non-hydrogen) atoms. The minimum Gasteiger partial charge on any atom is -0.458 e. The predicted octanol–water partition coefficient (Wildman–Crippen LogP) is 12.1. The molecule has 274 valence electrons. The van der Waals surface area contributed by atoms with Gasteiger partial charge < -0.3 is 4.74 Å². The number of fused-ring (bicyclic) bond motifs is 4. The van der Waals surface area contributed by atoms with E-state index in [9.17, 15) is 0 Å². The second kappa shape index (κ2) is 14.0.